The summed E-state index contributed by atoms with van der Waals surface area (Å²) in [7, 11) is 0. The average molecular weight is 769 g/mol. The Morgan fingerprint density at radius 3 is 1.85 bits per heavy atom. The van der Waals surface area contributed by atoms with Gasteiger partial charge in [0.1, 0.15) is 5.52 Å². The van der Waals surface area contributed by atoms with Crippen LogP contribution < -0.4 is 0 Å². The van der Waals surface area contributed by atoms with E-state index in [1.807, 2.05) is 36.5 Å². The molecule has 7 aromatic carbocycles. The summed E-state index contributed by atoms with van der Waals surface area (Å²) in [5.74, 6) is 1.31. The van der Waals surface area contributed by atoms with Gasteiger partial charge in [-0.15, -0.1) is 0 Å². The molecule has 5 aromatic heterocycles. The maximum atomic E-state index is 6.09. The molecule has 0 unspecified atom stereocenters. The van der Waals surface area contributed by atoms with Crippen molar-refractivity contribution in [2.75, 3.05) is 0 Å². The van der Waals surface area contributed by atoms with Crippen LogP contribution >= 0.6 is 0 Å². The van der Waals surface area contributed by atoms with E-state index in [-0.39, 0.29) is 0 Å². The van der Waals surface area contributed by atoms with Crippen LogP contribution in [-0.2, 0) is 0 Å². The third-order valence-electron chi connectivity index (χ3n) is 11.3. The minimum Gasteiger partial charge on any atom is -0.434 e. The van der Waals surface area contributed by atoms with Crippen molar-refractivity contribution in [3.63, 3.8) is 0 Å². The second kappa shape index (κ2) is 13.7. The molecule has 0 radical (unpaired) electrons. The summed E-state index contributed by atoms with van der Waals surface area (Å²) in [5.41, 5.74) is 12.8. The first kappa shape index (κ1) is 33.8. The van der Waals surface area contributed by atoms with Gasteiger partial charge >= 0.3 is 0 Å². The molecule has 0 spiro atoms. The van der Waals surface area contributed by atoms with Gasteiger partial charge in [0.05, 0.1) is 34.0 Å². The van der Waals surface area contributed by atoms with Crippen LogP contribution in [-0.4, -0.2) is 29.5 Å². The van der Waals surface area contributed by atoms with Gasteiger partial charge in [0.15, 0.2) is 17.2 Å². The normalized spacial score (nSPS) is 11.7. The second-order valence-corrected chi connectivity index (χ2v) is 15.0. The molecular weight excluding hydrogens is 737 g/mol. The van der Waals surface area contributed by atoms with Crippen LogP contribution in [0.4, 0.5) is 0 Å². The number of furan rings is 1. The number of hydrogen-bond acceptors (Lipinski definition) is 6. The number of aromatic nitrogens is 6. The molecule has 280 valence electrons. The van der Waals surface area contributed by atoms with E-state index < -0.39 is 0 Å². The summed E-state index contributed by atoms with van der Waals surface area (Å²) in [6, 6.07) is 63.2. The van der Waals surface area contributed by atoms with E-state index in [4.69, 9.17) is 24.4 Å². The lowest BCUT2D eigenvalue weighted by Gasteiger charge is -2.12. The van der Waals surface area contributed by atoms with Crippen LogP contribution in [0.2, 0.25) is 0 Å². The Hall–Kier alpha value is -8.29. The number of pyridine rings is 1. The molecule has 5 heterocycles. The third kappa shape index (κ3) is 5.71. The van der Waals surface area contributed by atoms with Crippen LogP contribution in [0.3, 0.4) is 0 Å². The number of rotatable bonds is 6. The minimum atomic E-state index is 0.527. The first-order chi connectivity index (χ1) is 29.7. The van der Waals surface area contributed by atoms with Gasteiger partial charge in [0.25, 0.3) is 0 Å². The monoisotopic (exact) mass is 768 g/mol. The smallest absolute Gasteiger partial charge is 0.229 e. The Bertz CT molecular complexity index is 3560. The number of hydrogen-bond donors (Lipinski definition) is 0. The zero-order chi connectivity index (χ0) is 39.6. The van der Waals surface area contributed by atoms with Crippen molar-refractivity contribution in [1.82, 2.24) is 29.5 Å². The summed E-state index contributed by atoms with van der Waals surface area (Å²) in [4.78, 5) is 24.6. The molecule has 0 aliphatic carbocycles. The SMILES string of the molecule is c1ccc(-c2nc(-c3ccc(-c4cnc5oc6cnc(-c7ccc8ccccc8c7)nc6c5c4)cc3)cc(-c3cccc(-n4c5ccccc5c5ccccc54)c3)n2)cc1. The van der Waals surface area contributed by atoms with E-state index in [0.717, 1.165) is 66.7 Å². The number of benzene rings is 7. The standard InChI is InChI=1S/C53H32N6O/c1-2-12-36(13-3-1)52-56-45(30-46(57-52)38-15-10-16-41(28-38)59-47-19-8-6-17-42(47)43-18-7-9-20-48(43)59)35-24-21-34(22-25-35)40-29-44-50-49(60-53(44)55-31-40)32-54-51(58-50)39-26-23-33-11-4-5-14-37(33)27-39/h1-32H. The number of fused-ring (bicyclic) bond motifs is 7. The maximum absolute atomic E-state index is 6.09. The van der Waals surface area contributed by atoms with E-state index in [1.165, 1.54) is 27.2 Å². The fraction of sp³-hybridized carbons (Fsp3) is 0. The molecule has 0 bridgehead atoms. The number of para-hydroxylation sites is 2. The van der Waals surface area contributed by atoms with E-state index in [2.05, 4.69) is 161 Å². The van der Waals surface area contributed by atoms with Crippen LogP contribution in [0, 0.1) is 0 Å². The summed E-state index contributed by atoms with van der Waals surface area (Å²) in [6.07, 6.45) is 3.58. The molecule has 12 rings (SSSR count). The van der Waals surface area contributed by atoms with Crippen molar-refractivity contribution in [3.8, 4) is 62.1 Å². The first-order valence-electron chi connectivity index (χ1n) is 19.9. The summed E-state index contributed by atoms with van der Waals surface area (Å²) >= 11 is 0. The Morgan fingerprint density at radius 1 is 0.383 bits per heavy atom. The molecule has 0 saturated heterocycles. The van der Waals surface area contributed by atoms with Crippen molar-refractivity contribution in [2.45, 2.75) is 0 Å². The van der Waals surface area contributed by atoms with Crippen molar-refractivity contribution in [3.05, 3.63) is 194 Å². The van der Waals surface area contributed by atoms with Crippen molar-refractivity contribution in [2.24, 2.45) is 0 Å². The molecule has 0 fully saturated rings. The Balaban J connectivity index is 0.921. The van der Waals surface area contributed by atoms with Crippen LogP contribution in [0.5, 0.6) is 0 Å². The summed E-state index contributed by atoms with van der Waals surface area (Å²) in [5, 5.41) is 5.61. The van der Waals surface area contributed by atoms with E-state index >= 15 is 0 Å². The van der Waals surface area contributed by atoms with Gasteiger partial charge in [-0.2, -0.15) is 0 Å². The fourth-order valence-electron chi connectivity index (χ4n) is 8.37. The van der Waals surface area contributed by atoms with E-state index in [0.29, 0.717) is 22.9 Å². The van der Waals surface area contributed by atoms with Gasteiger partial charge in [-0.05, 0) is 58.8 Å². The Labute approximate surface area is 343 Å². The van der Waals surface area contributed by atoms with Gasteiger partial charge < -0.3 is 8.98 Å². The predicted molar refractivity (Wildman–Crippen MR) is 242 cm³/mol. The summed E-state index contributed by atoms with van der Waals surface area (Å²) in [6.45, 7) is 0. The summed E-state index contributed by atoms with van der Waals surface area (Å²) < 4.78 is 8.43. The van der Waals surface area contributed by atoms with Crippen LogP contribution in [0.15, 0.2) is 199 Å². The highest BCUT2D eigenvalue weighted by molar-refractivity contribution is 6.09. The van der Waals surface area contributed by atoms with Gasteiger partial charge in [0.2, 0.25) is 5.71 Å². The van der Waals surface area contributed by atoms with Gasteiger partial charge in [-0.1, -0.05) is 140 Å². The average Bonchev–Trinajstić information content (AvgIpc) is 3.87. The van der Waals surface area contributed by atoms with Crippen molar-refractivity contribution < 1.29 is 4.42 Å². The quantitative estimate of drug-likeness (QED) is 0.167. The predicted octanol–water partition coefficient (Wildman–Crippen LogP) is 13.1. The third-order valence-corrected chi connectivity index (χ3v) is 11.3. The molecule has 12 aromatic rings. The molecule has 0 aliphatic rings. The molecule has 7 nitrogen and oxygen atoms in total. The first-order valence-corrected chi connectivity index (χ1v) is 19.9. The maximum Gasteiger partial charge on any atom is 0.229 e. The fourth-order valence-corrected chi connectivity index (χ4v) is 8.37. The Kier molecular flexibility index (Phi) is 7.71. The van der Waals surface area contributed by atoms with E-state index in [1.54, 1.807) is 6.20 Å². The zero-order valence-electron chi connectivity index (χ0n) is 32.1. The highest BCUT2D eigenvalue weighted by Crippen LogP contribution is 2.36. The van der Waals surface area contributed by atoms with Crippen LogP contribution in [0.25, 0.3) is 117 Å². The lowest BCUT2D eigenvalue weighted by molar-refractivity contribution is 0.651. The molecule has 0 aliphatic heterocycles. The van der Waals surface area contributed by atoms with Crippen molar-refractivity contribution >= 4 is 54.8 Å². The molecule has 0 atom stereocenters. The van der Waals surface area contributed by atoms with Gasteiger partial charge in [-0.3, -0.25) is 0 Å². The number of nitrogens with zero attached hydrogens (tertiary/aromatic N) is 6. The van der Waals surface area contributed by atoms with Crippen LogP contribution in [0.1, 0.15) is 0 Å². The minimum absolute atomic E-state index is 0.527. The zero-order valence-corrected chi connectivity index (χ0v) is 32.1. The van der Waals surface area contributed by atoms with Gasteiger partial charge in [-0.25, -0.2) is 24.9 Å². The molecule has 7 heteroatoms. The highest BCUT2D eigenvalue weighted by atomic mass is 16.3. The molecular formula is C53H32N6O. The van der Waals surface area contributed by atoms with Gasteiger partial charge in [0, 0.05) is 50.5 Å². The lowest BCUT2D eigenvalue weighted by atomic mass is 10.0. The highest BCUT2D eigenvalue weighted by Gasteiger charge is 2.17. The Morgan fingerprint density at radius 2 is 1.05 bits per heavy atom. The largest absolute Gasteiger partial charge is 0.434 e. The topological polar surface area (TPSA) is 82.5 Å². The van der Waals surface area contributed by atoms with Crippen molar-refractivity contribution in [1.29, 1.82) is 0 Å². The molecule has 0 N–H and O–H groups in total. The second-order valence-electron chi connectivity index (χ2n) is 15.0. The molecule has 60 heavy (non-hydrogen) atoms. The molecule has 0 amide bonds. The lowest BCUT2D eigenvalue weighted by Crippen LogP contribution is -1.97. The van der Waals surface area contributed by atoms with E-state index in [9.17, 15) is 0 Å². The molecule has 0 saturated carbocycles.